The van der Waals surface area contributed by atoms with Gasteiger partial charge in [0.15, 0.2) is 7.91 Å². The van der Waals surface area contributed by atoms with Crippen LogP contribution in [0, 0.1) is 0 Å². The molecule has 2 unspecified atom stereocenters. The largest absolute Gasteiger partial charge is 0.342 e. The molecule has 0 saturated heterocycles. The Balaban J connectivity index is 3.80. The molecule has 0 aromatic carbocycles. The summed E-state index contributed by atoms with van der Waals surface area (Å²) in [4.78, 5) is 6.48. The highest BCUT2D eigenvalue weighted by atomic mass is 29.2. The second-order valence-electron chi connectivity index (χ2n) is 2.54. The zero-order valence-corrected chi connectivity index (χ0v) is 8.81. The fourth-order valence-electron chi connectivity index (χ4n) is 0.516. The predicted octanol–water partition coefficient (Wildman–Crippen LogP) is -1.11. The third-order valence-electron chi connectivity index (χ3n) is 1.87. The molecule has 0 bridgehead atoms. The van der Waals surface area contributed by atoms with Crippen LogP contribution in [0.15, 0.2) is 0 Å². The minimum atomic E-state index is -1.50. The maximum Gasteiger partial charge on any atom is 0.194 e. The van der Waals surface area contributed by atoms with Crippen LogP contribution in [0.1, 0.15) is 0 Å². The van der Waals surface area contributed by atoms with Crippen LogP contribution in [0.3, 0.4) is 0 Å². The van der Waals surface area contributed by atoms with Gasteiger partial charge in [0.25, 0.3) is 0 Å². The molecule has 0 aliphatic rings. The Bertz CT molecular complexity index is 85.9. The van der Waals surface area contributed by atoms with Crippen molar-refractivity contribution >= 4 is 16.4 Å². The highest BCUT2D eigenvalue weighted by Gasteiger charge is 2.27. The van der Waals surface area contributed by atoms with Crippen LogP contribution in [0.4, 0.5) is 0 Å². The Kier molecular flexibility index (Phi) is 3.60. The minimum Gasteiger partial charge on any atom is -0.342 e. The highest BCUT2D eigenvalue weighted by molar-refractivity contribution is 7.28. The first-order valence-electron chi connectivity index (χ1n) is 3.19. The van der Waals surface area contributed by atoms with Gasteiger partial charge in [-0.15, -0.1) is 0 Å². The number of rotatable bonds is 3. The van der Waals surface area contributed by atoms with Crippen molar-refractivity contribution in [1.82, 2.24) is 9.96 Å². The van der Waals surface area contributed by atoms with Gasteiger partial charge in [-0.1, -0.05) is 6.55 Å². The average Bonchev–Trinajstić information content (AvgIpc) is 1.86. The van der Waals surface area contributed by atoms with Gasteiger partial charge in [0, 0.05) is 0 Å². The van der Waals surface area contributed by atoms with E-state index in [1.165, 1.54) is 0 Å². The summed E-state index contributed by atoms with van der Waals surface area (Å²) >= 11 is 0. The lowest BCUT2D eigenvalue weighted by molar-refractivity contribution is 1.14. The summed E-state index contributed by atoms with van der Waals surface area (Å²) in [6, 6.07) is 0. The van der Waals surface area contributed by atoms with E-state index in [9.17, 15) is 0 Å². The maximum absolute atomic E-state index is 6.00. The van der Waals surface area contributed by atoms with Gasteiger partial charge >= 0.3 is 0 Å². The molecule has 0 rings (SSSR count). The van der Waals surface area contributed by atoms with E-state index in [1.54, 1.807) is 0 Å². The summed E-state index contributed by atoms with van der Waals surface area (Å²) in [7, 11) is 1.61. The first-order chi connectivity index (χ1) is 4.04. The van der Waals surface area contributed by atoms with Crippen molar-refractivity contribution in [2.45, 2.75) is 13.1 Å². The Hall–Kier alpha value is 0.314. The highest BCUT2D eigenvalue weighted by Crippen LogP contribution is 1.88. The van der Waals surface area contributed by atoms with Crippen LogP contribution in [-0.4, -0.2) is 30.5 Å². The van der Waals surface area contributed by atoms with Crippen LogP contribution in [-0.2, 0) is 0 Å². The van der Waals surface area contributed by atoms with E-state index in [1.807, 2.05) is 14.1 Å². The number of hydrogen-bond donors (Lipinski definition) is 3. The summed E-state index contributed by atoms with van der Waals surface area (Å²) in [6.45, 7) is 4.39. The molecule has 3 nitrogen and oxygen atoms in total. The molecule has 0 spiro atoms. The molecule has 5 heteroatoms. The second kappa shape index (κ2) is 3.47. The monoisotopic (exact) mass is 163 g/mol. The fraction of sp³-hybridized carbons (Fsp3) is 1.00. The Labute approximate surface area is 59.7 Å². The number of hydrogen-bond acceptors (Lipinski definition) is 3. The van der Waals surface area contributed by atoms with Crippen molar-refractivity contribution in [2.75, 3.05) is 14.1 Å². The zero-order valence-electron chi connectivity index (χ0n) is 6.65. The van der Waals surface area contributed by atoms with Gasteiger partial charge < -0.3 is 15.4 Å². The van der Waals surface area contributed by atoms with Crippen LogP contribution in [0.25, 0.3) is 0 Å². The predicted molar refractivity (Wildman–Crippen MR) is 46.9 cm³/mol. The lowest BCUT2D eigenvalue weighted by Gasteiger charge is -2.25. The molecule has 0 aliphatic heterocycles. The number of nitrogens with two attached hydrogens (primary N) is 1. The Morgan fingerprint density at radius 2 is 1.89 bits per heavy atom. The molecule has 0 saturated carbocycles. The summed E-state index contributed by atoms with van der Waals surface area (Å²) in [5.41, 5.74) is 0. The van der Waals surface area contributed by atoms with E-state index in [0.717, 1.165) is 0 Å². The first-order valence-corrected chi connectivity index (χ1v) is 9.31. The third-order valence-corrected chi connectivity index (χ3v) is 12.7. The topological polar surface area (TPSA) is 50.1 Å². The summed E-state index contributed by atoms with van der Waals surface area (Å²) in [5, 5.41) is 6.00. The van der Waals surface area contributed by atoms with E-state index in [0.29, 0.717) is 0 Å². The normalized spacial score (nSPS) is 21.0. The van der Waals surface area contributed by atoms with Crippen molar-refractivity contribution in [2.24, 2.45) is 5.40 Å². The van der Waals surface area contributed by atoms with Gasteiger partial charge in [-0.05, 0) is 20.6 Å². The minimum absolute atomic E-state index is 0.835. The van der Waals surface area contributed by atoms with E-state index in [2.05, 4.69) is 23.1 Å². The standard InChI is InChI=1S/C4H17N3Si2/c1-6-8(3)9(4,5)7-2/h6-8H,5H2,1-4H3. The third kappa shape index (κ3) is 2.59. The summed E-state index contributed by atoms with van der Waals surface area (Å²) < 4.78 is 0. The van der Waals surface area contributed by atoms with Crippen molar-refractivity contribution in [1.29, 1.82) is 0 Å². The van der Waals surface area contributed by atoms with Gasteiger partial charge in [-0.2, -0.15) is 0 Å². The summed E-state index contributed by atoms with van der Waals surface area (Å²) in [6.07, 6.45) is 0. The van der Waals surface area contributed by atoms with Crippen LogP contribution in [0.2, 0.25) is 13.1 Å². The quantitative estimate of drug-likeness (QED) is 0.462. The van der Waals surface area contributed by atoms with E-state index >= 15 is 0 Å². The maximum atomic E-state index is 6.00. The second-order valence-corrected chi connectivity index (χ2v) is 13.8. The van der Waals surface area contributed by atoms with Crippen molar-refractivity contribution < 1.29 is 0 Å². The molecule has 0 heterocycles. The van der Waals surface area contributed by atoms with E-state index in [-0.39, 0.29) is 0 Å². The zero-order chi connectivity index (χ0) is 7.49. The molecular weight excluding hydrogens is 146 g/mol. The molecule has 0 aromatic heterocycles. The molecule has 9 heavy (non-hydrogen) atoms. The Morgan fingerprint density at radius 3 is 2.00 bits per heavy atom. The molecule has 0 aliphatic carbocycles. The van der Waals surface area contributed by atoms with Gasteiger partial charge in [0.05, 0.1) is 0 Å². The summed E-state index contributed by atoms with van der Waals surface area (Å²) in [5.74, 6) is 0. The van der Waals surface area contributed by atoms with Gasteiger partial charge in [0.1, 0.15) is 8.48 Å². The fourth-order valence-corrected chi connectivity index (χ4v) is 4.65. The molecular formula is C4H17N3Si2. The SMILES string of the molecule is CN[SiH](C)[Si](C)(N)NC. The molecule has 2 atom stereocenters. The number of nitrogens with one attached hydrogen (secondary N) is 2. The molecule has 0 radical (unpaired) electrons. The van der Waals surface area contributed by atoms with Crippen LogP contribution >= 0.6 is 0 Å². The van der Waals surface area contributed by atoms with Crippen molar-refractivity contribution in [3.8, 4) is 0 Å². The average molecular weight is 163 g/mol. The smallest absolute Gasteiger partial charge is 0.194 e. The lowest BCUT2D eigenvalue weighted by atomic mass is 11.6. The molecule has 4 N–H and O–H groups in total. The van der Waals surface area contributed by atoms with Gasteiger partial charge in [-0.25, -0.2) is 0 Å². The molecule has 56 valence electrons. The molecule has 0 fully saturated rings. The van der Waals surface area contributed by atoms with Crippen LogP contribution in [0.5, 0.6) is 0 Å². The molecule has 0 aromatic rings. The van der Waals surface area contributed by atoms with Crippen LogP contribution < -0.4 is 15.4 Å². The van der Waals surface area contributed by atoms with E-state index < -0.39 is 16.4 Å². The molecule has 0 amide bonds. The Morgan fingerprint density at radius 1 is 1.44 bits per heavy atom. The first kappa shape index (κ1) is 9.31. The van der Waals surface area contributed by atoms with Crippen molar-refractivity contribution in [3.63, 3.8) is 0 Å². The van der Waals surface area contributed by atoms with Gasteiger partial charge in [-0.3, -0.25) is 0 Å². The van der Waals surface area contributed by atoms with E-state index in [4.69, 9.17) is 5.40 Å². The lowest BCUT2D eigenvalue weighted by Crippen LogP contribution is -2.70. The van der Waals surface area contributed by atoms with Crippen molar-refractivity contribution in [3.05, 3.63) is 0 Å². The van der Waals surface area contributed by atoms with Gasteiger partial charge in [0.2, 0.25) is 0 Å².